The van der Waals surface area contributed by atoms with E-state index in [2.05, 4.69) is 0 Å². The van der Waals surface area contributed by atoms with Crippen LogP contribution in [0.25, 0.3) is 0 Å². The maximum atomic E-state index is 12.8. The van der Waals surface area contributed by atoms with E-state index in [1.54, 1.807) is 54.6 Å². The van der Waals surface area contributed by atoms with E-state index < -0.39 is 11.9 Å². The Bertz CT molecular complexity index is 993. The van der Waals surface area contributed by atoms with Gasteiger partial charge in [-0.1, -0.05) is 55.8 Å². The second-order valence-corrected chi connectivity index (χ2v) is 6.91. The summed E-state index contributed by atoms with van der Waals surface area (Å²) >= 11 is 5.84. The van der Waals surface area contributed by atoms with Crippen LogP contribution in [0.15, 0.2) is 72.8 Å². The molecule has 0 fully saturated rings. The predicted octanol–water partition coefficient (Wildman–Crippen LogP) is 5.90. The highest BCUT2D eigenvalue weighted by molar-refractivity contribution is 6.30. The van der Waals surface area contributed by atoms with Gasteiger partial charge in [-0.25, -0.2) is 9.59 Å². The number of carbonyl (C=O) groups excluding carboxylic acids is 2. The molecule has 0 heterocycles. The third kappa shape index (κ3) is 4.59. The van der Waals surface area contributed by atoms with Crippen molar-refractivity contribution in [1.29, 1.82) is 0 Å². The number of esters is 2. The van der Waals surface area contributed by atoms with Crippen molar-refractivity contribution in [2.24, 2.45) is 0 Å². The first-order chi connectivity index (χ1) is 13.5. The van der Waals surface area contributed by atoms with Crippen LogP contribution < -0.4 is 9.47 Å². The van der Waals surface area contributed by atoms with Crippen LogP contribution >= 0.6 is 11.6 Å². The average Bonchev–Trinajstić information content (AvgIpc) is 2.70. The molecule has 0 aliphatic carbocycles. The Morgan fingerprint density at radius 2 is 1.29 bits per heavy atom. The normalized spacial score (nSPS) is 10.6. The van der Waals surface area contributed by atoms with E-state index in [0.717, 1.165) is 5.56 Å². The molecule has 0 aliphatic rings. The monoisotopic (exact) mass is 394 g/mol. The lowest BCUT2D eigenvalue weighted by Crippen LogP contribution is -2.18. The Hall–Kier alpha value is -3.11. The van der Waals surface area contributed by atoms with E-state index in [-0.39, 0.29) is 17.0 Å². The Morgan fingerprint density at radius 1 is 0.750 bits per heavy atom. The van der Waals surface area contributed by atoms with Crippen LogP contribution in [-0.4, -0.2) is 11.9 Å². The zero-order valence-corrected chi connectivity index (χ0v) is 16.3. The van der Waals surface area contributed by atoms with E-state index in [0.29, 0.717) is 16.5 Å². The molecule has 0 saturated heterocycles. The van der Waals surface area contributed by atoms with Crippen molar-refractivity contribution in [2.75, 3.05) is 0 Å². The van der Waals surface area contributed by atoms with Gasteiger partial charge in [0.1, 0.15) is 11.5 Å². The molecule has 142 valence electrons. The lowest BCUT2D eigenvalue weighted by molar-refractivity contribution is 0.0691. The van der Waals surface area contributed by atoms with Gasteiger partial charge < -0.3 is 9.47 Å². The number of para-hydroxylation sites is 1. The van der Waals surface area contributed by atoms with Crippen LogP contribution in [0.4, 0.5) is 0 Å². The van der Waals surface area contributed by atoms with Gasteiger partial charge >= 0.3 is 11.9 Å². The van der Waals surface area contributed by atoms with E-state index in [1.807, 2.05) is 26.0 Å². The van der Waals surface area contributed by atoms with Crippen LogP contribution in [-0.2, 0) is 0 Å². The summed E-state index contributed by atoms with van der Waals surface area (Å²) in [5.74, 6) is -0.260. The minimum Gasteiger partial charge on any atom is -0.423 e. The van der Waals surface area contributed by atoms with Crippen molar-refractivity contribution in [2.45, 2.75) is 19.8 Å². The van der Waals surface area contributed by atoms with Gasteiger partial charge in [-0.2, -0.15) is 0 Å². The van der Waals surface area contributed by atoms with Gasteiger partial charge in [0, 0.05) is 5.02 Å². The molecule has 3 rings (SSSR count). The molecule has 3 aromatic carbocycles. The molecular weight excluding hydrogens is 376 g/mol. The summed E-state index contributed by atoms with van der Waals surface area (Å²) in [6.07, 6.45) is 0. The molecule has 5 heteroatoms. The fourth-order valence-electron chi connectivity index (χ4n) is 2.71. The first-order valence-corrected chi connectivity index (χ1v) is 9.21. The minimum atomic E-state index is -0.646. The summed E-state index contributed by atoms with van der Waals surface area (Å²) in [5, 5.41) is 0.535. The fourth-order valence-corrected chi connectivity index (χ4v) is 2.84. The first kappa shape index (κ1) is 19.6. The molecular formula is C23H19ClO4. The molecule has 0 atom stereocenters. The van der Waals surface area contributed by atoms with Gasteiger partial charge in [0.25, 0.3) is 0 Å². The third-order valence-electron chi connectivity index (χ3n) is 4.13. The number of hydrogen-bond donors (Lipinski definition) is 0. The maximum Gasteiger partial charge on any atom is 0.344 e. The zero-order valence-electron chi connectivity index (χ0n) is 15.5. The number of carbonyl (C=O) groups is 2. The zero-order chi connectivity index (χ0) is 20.1. The molecule has 0 N–H and O–H groups in total. The summed E-state index contributed by atoms with van der Waals surface area (Å²) < 4.78 is 10.9. The topological polar surface area (TPSA) is 52.6 Å². The molecule has 0 unspecified atom stereocenters. The van der Waals surface area contributed by atoms with Crippen molar-refractivity contribution in [3.05, 3.63) is 94.5 Å². The number of benzene rings is 3. The summed E-state index contributed by atoms with van der Waals surface area (Å²) in [4.78, 5) is 25.4. The Labute approximate surface area is 168 Å². The fraction of sp³-hybridized carbons (Fsp3) is 0.130. The molecule has 0 bridgehead atoms. The molecule has 0 amide bonds. The van der Waals surface area contributed by atoms with Gasteiger partial charge in [0.15, 0.2) is 0 Å². The molecule has 28 heavy (non-hydrogen) atoms. The smallest absolute Gasteiger partial charge is 0.344 e. The minimum absolute atomic E-state index is 0.129. The van der Waals surface area contributed by atoms with Gasteiger partial charge in [0.05, 0.1) is 11.1 Å². The lowest BCUT2D eigenvalue weighted by Gasteiger charge is -2.13. The molecule has 3 aromatic rings. The molecule has 0 aliphatic heterocycles. The van der Waals surface area contributed by atoms with Crippen molar-refractivity contribution in [3.63, 3.8) is 0 Å². The molecule has 4 nitrogen and oxygen atoms in total. The quantitative estimate of drug-likeness (QED) is 0.399. The standard InChI is InChI=1S/C23H19ClO4/c1-15(2)18-7-5-6-10-21(18)28-23(26)20-9-4-3-8-19(20)22(25)27-17-13-11-16(24)12-14-17/h3-15H,1-2H3. The number of ether oxygens (including phenoxy) is 2. The summed E-state index contributed by atoms with van der Waals surface area (Å²) in [7, 11) is 0. The highest BCUT2D eigenvalue weighted by Gasteiger charge is 2.21. The molecule has 0 radical (unpaired) electrons. The van der Waals surface area contributed by atoms with E-state index >= 15 is 0 Å². The van der Waals surface area contributed by atoms with Gasteiger partial charge in [0.2, 0.25) is 0 Å². The summed E-state index contributed by atoms with van der Waals surface area (Å²) in [6, 6.07) is 20.2. The van der Waals surface area contributed by atoms with E-state index in [9.17, 15) is 9.59 Å². The average molecular weight is 395 g/mol. The number of rotatable bonds is 5. The largest absolute Gasteiger partial charge is 0.423 e. The van der Waals surface area contributed by atoms with Gasteiger partial charge in [-0.3, -0.25) is 0 Å². The van der Waals surface area contributed by atoms with Crippen LogP contribution in [0.3, 0.4) is 0 Å². The van der Waals surface area contributed by atoms with E-state index in [1.165, 1.54) is 6.07 Å². The lowest BCUT2D eigenvalue weighted by atomic mass is 10.0. The third-order valence-corrected chi connectivity index (χ3v) is 4.39. The second kappa shape index (κ2) is 8.72. The van der Waals surface area contributed by atoms with Crippen LogP contribution in [0.5, 0.6) is 11.5 Å². The van der Waals surface area contributed by atoms with E-state index in [4.69, 9.17) is 21.1 Å². The summed E-state index contributed by atoms with van der Waals surface area (Å²) in [5.41, 5.74) is 1.18. The SMILES string of the molecule is CC(C)c1ccccc1OC(=O)c1ccccc1C(=O)Oc1ccc(Cl)cc1. The van der Waals surface area contributed by atoms with Crippen LogP contribution in [0, 0.1) is 0 Å². The highest BCUT2D eigenvalue weighted by atomic mass is 35.5. The maximum absolute atomic E-state index is 12.8. The van der Waals surface area contributed by atoms with Gasteiger partial charge in [-0.05, 0) is 53.9 Å². The van der Waals surface area contributed by atoms with Crippen molar-refractivity contribution in [1.82, 2.24) is 0 Å². The van der Waals surface area contributed by atoms with Crippen molar-refractivity contribution in [3.8, 4) is 11.5 Å². The molecule has 0 saturated carbocycles. The van der Waals surface area contributed by atoms with Crippen molar-refractivity contribution < 1.29 is 19.1 Å². The van der Waals surface area contributed by atoms with Gasteiger partial charge in [-0.15, -0.1) is 0 Å². The predicted molar refractivity (Wildman–Crippen MR) is 108 cm³/mol. The first-order valence-electron chi connectivity index (χ1n) is 8.83. The van der Waals surface area contributed by atoms with Crippen molar-refractivity contribution >= 4 is 23.5 Å². The Kier molecular flexibility index (Phi) is 6.12. The summed E-state index contributed by atoms with van der Waals surface area (Å²) in [6.45, 7) is 4.04. The molecule has 0 spiro atoms. The second-order valence-electron chi connectivity index (χ2n) is 6.47. The Balaban J connectivity index is 1.84. The highest BCUT2D eigenvalue weighted by Crippen LogP contribution is 2.27. The number of hydrogen-bond acceptors (Lipinski definition) is 4. The van der Waals surface area contributed by atoms with Crippen LogP contribution in [0.1, 0.15) is 46.0 Å². The number of halogens is 1. The molecule has 0 aromatic heterocycles. The Morgan fingerprint density at radius 3 is 1.89 bits per heavy atom. The van der Waals surface area contributed by atoms with Crippen LogP contribution in [0.2, 0.25) is 5.02 Å².